The SMILES string of the molecule is CCn1c(-c2cc(N3CCN(C)CC3)ncc2C(C)OC)c2c3cc(ccc31)-c1csc(n1)CC(NC(=O)C1CC1C)C(=O)N1NC(C(=O)OCC(C)(C)C2)C2CC1C2. The van der Waals surface area contributed by atoms with Crippen molar-refractivity contribution in [3.63, 3.8) is 0 Å². The molecule has 3 aromatic heterocycles. The maximum atomic E-state index is 14.4. The second-order valence-electron chi connectivity index (χ2n) is 18.5. The summed E-state index contributed by atoms with van der Waals surface area (Å²) in [6.07, 6.45) is 4.94. The number of amides is 2. The summed E-state index contributed by atoms with van der Waals surface area (Å²) < 4.78 is 14.6. The third kappa shape index (κ3) is 7.55. The molecule has 2 aliphatic carbocycles. The number of cyclic esters (lactones) is 1. The van der Waals surface area contributed by atoms with Crippen molar-refractivity contribution in [1.29, 1.82) is 0 Å². The lowest BCUT2D eigenvalue weighted by atomic mass is 9.73. The molecule has 3 saturated heterocycles. The fraction of sp³-hybridized carbons (Fsp3) is 0.578. The van der Waals surface area contributed by atoms with Crippen molar-refractivity contribution >= 4 is 45.8 Å². The lowest BCUT2D eigenvalue weighted by molar-refractivity contribution is -0.171. The van der Waals surface area contributed by atoms with E-state index < -0.39 is 17.5 Å². The molecule has 1 aromatic carbocycles. The maximum Gasteiger partial charge on any atom is 0.325 e. The molecule has 314 valence electrons. The molecule has 0 radical (unpaired) electrons. The number of carbonyl (C=O) groups is 3. The van der Waals surface area contributed by atoms with Gasteiger partial charge in [0.2, 0.25) is 5.91 Å². The van der Waals surface area contributed by atoms with E-state index in [0.29, 0.717) is 25.2 Å². The Bertz CT molecular complexity index is 2270. The average Bonchev–Trinajstić information content (AvgIpc) is 3.64. The van der Waals surface area contributed by atoms with E-state index in [1.54, 1.807) is 12.1 Å². The highest BCUT2D eigenvalue weighted by Crippen LogP contribution is 2.44. The first kappa shape index (κ1) is 40.1. The molecular weight excluding hydrogens is 765 g/mol. The molecule has 4 aliphatic heterocycles. The number of piperazine rings is 1. The molecular formula is C45H58N8O5S. The van der Waals surface area contributed by atoms with Gasteiger partial charge in [0.05, 0.1) is 29.1 Å². The summed E-state index contributed by atoms with van der Waals surface area (Å²) in [6, 6.07) is 7.34. The maximum absolute atomic E-state index is 14.4. The Morgan fingerprint density at radius 3 is 2.61 bits per heavy atom. The predicted molar refractivity (Wildman–Crippen MR) is 229 cm³/mol. The van der Waals surface area contributed by atoms with Crippen molar-refractivity contribution in [2.75, 3.05) is 51.8 Å². The van der Waals surface area contributed by atoms with Crippen LogP contribution in [0, 0.1) is 23.2 Å². The van der Waals surface area contributed by atoms with Gasteiger partial charge < -0.3 is 29.2 Å². The summed E-state index contributed by atoms with van der Waals surface area (Å²) in [5.74, 6) is 0.570. The van der Waals surface area contributed by atoms with Crippen LogP contribution in [0.25, 0.3) is 33.4 Å². The van der Waals surface area contributed by atoms with Gasteiger partial charge in [-0.25, -0.2) is 15.4 Å². The molecule has 5 fully saturated rings. The minimum absolute atomic E-state index is 0.0356. The number of hydrogen-bond acceptors (Lipinski definition) is 11. The van der Waals surface area contributed by atoms with Crippen molar-refractivity contribution in [1.82, 2.24) is 35.2 Å². The quantitative estimate of drug-likeness (QED) is 0.227. The first-order valence-electron chi connectivity index (χ1n) is 21.4. The number of ether oxygens (including phenoxy) is 2. The smallest absolute Gasteiger partial charge is 0.325 e. The number of nitrogens with one attached hydrogen (secondary N) is 2. The monoisotopic (exact) mass is 822 g/mol. The van der Waals surface area contributed by atoms with Crippen molar-refractivity contribution < 1.29 is 23.9 Å². The van der Waals surface area contributed by atoms with Gasteiger partial charge in [-0.3, -0.25) is 19.4 Å². The van der Waals surface area contributed by atoms with Crippen LogP contribution in [-0.2, 0) is 43.2 Å². The van der Waals surface area contributed by atoms with E-state index >= 15 is 0 Å². The topological polar surface area (TPSA) is 134 Å². The van der Waals surface area contributed by atoms with Crippen molar-refractivity contribution in [2.24, 2.45) is 23.2 Å². The van der Waals surface area contributed by atoms with E-state index in [-0.39, 0.29) is 54.8 Å². The number of esters is 1. The van der Waals surface area contributed by atoms with Gasteiger partial charge in [0.1, 0.15) is 17.9 Å². The number of hydrazine groups is 1. The molecule has 2 saturated carbocycles. The highest BCUT2D eigenvalue weighted by molar-refractivity contribution is 7.10. The molecule has 14 heteroatoms. The van der Waals surface area contributed by atoms with E-state index in [0.717, 1.165) is 89.0 Å². The van der Waals surface area contributed by atoms with E-state index in [1.165, 1.54) is 16.9 Å². The van der Waals surface area contributed by atoms with Gasteiger partial charge in [-0.2, -0.15) is 0 Å². The van der Waals surface area contributed by atoms with Crippen molar-refractivity contribution in [3.8, 4) is 22.5 Å². The standard InChI is InChI=1S/C45H58N8O5S/c1-8-52-37-10-9-27-18-31(37)33(41(52)32-19-38(46-22-34(32)26(3)57-7)51-13-11-50(6)12-14-51)21-45(4,5)24-58-44(56)40-28-16-29(17-28)53(49-40)43(55)35(20-39-47-36(27)23-59-39)48-42(54)30-15-25(30)2/h9-10,18-19,22-23,25-26,28-30,35,40,49H,8,11-17,20-21,24H2,1-7H3,(H,48,54). The lowest BCUT2D eigenvalue weighted by Gasteiger charge is -2.53. The third-order valence-electron chi connectivity index (χ3n) is 13.6. The number of aryl methyl sites for hydroxylation is 1. The zero-order chi connectivity index (χ0) is 41.3. The first-order chi connectivity index (χ1) is 28.3. The largest absolute Gasteiger partial charge is 0.464 e. The van der Waals surface area contributed by atoms with Crippen LogP contribution >= 0.6 is 11.3 Å². The van der Waals surface area contributed by atoms with Crippen LogP contribution in [0.3, 0.4) is 0 Å². The summed E-state index contributed by atoms with van der Waals surface area (Å²) in [5.41, 5.74) is 10.1. The van der Waals surface area contributed by atoms with Gasteiger partial charge >= 0.3 is 5.97 Å². The zero-order valence-electron chi connectivity index (χ0n) is 35.4. The number of methoxy groups -OCH3 is 1. The number of fused-ring (bicyclic) bond motifs is 4. The van der Waals surface area contributed by atoms with Gasteiger partial charge in [-0.15, -0.1) is 11.3 Å². The Morgan fingerprint density at radius 2 is 1.90 bits per heavy atom. The Morgan fingerprint density at radius 1 is 1.14 bits per heavy atom. The number of likely N-dealkylation sites (N-methyl/N-ethyl adjacent to an activating group) is 1. The van der Waals surface area contributed by atoms with Gasteiger partial charge in [0.25, 0.3) is 5.91 Å². The van der Waals surface area contributed by atoms with Crippen LogP contribution in [0.1, 0.15) is 76.1 Å². The molecule has 13 nitrogen and oxygen atoms in total. The average molecular weight is 823 g/mol. The zero-order valence-corrected chi connectivity index (χ0v) is 36.2. The second kappa shape index (κ2) is 15.6. The molecule has 4 aromatic rings. The number of benzene rings is 1. The Hall–Kier alpha value is -4.37. The Labute approximate surface area is 350 Å². The fourth-order valence-corrected chi connectivity index (χ4v) is 10.5. The summed E-state index contributed by atoms with van der Waals surface area (Å²) in [7, 11) is 3.91. The highest BCUT2D eigenvalue weighted by Gasteiger charge is 2.51. The van der Waals surface area contributed by atoms with Crippen molar-refractivity contribution in [3.05, 3.63) is 52.0 Å². The summed E-state index contributed by atoms with van der Waals surface area (Å²) in [5, 5.41) is 8.65. The van der Waals surface area contributed by atoms with Crippen LogP contribution in [0.5, 0.6) is 0 Å². The number of rotatable bonds is 7. The summed E-state index contributed by atoms with van der Waals surface area (Å²) >= 11 is 1.51. The molecule has 0 spiro atoms. The normalized spacial score (nSPS) is 27.5. The van der Waals surface area contributed by atoms with Gasteiger partial charge in [0, 0.05) is 103 Å². The molecule has 5 unspecified atom stereocenters. The molecule has 5 atom stereocenters. The van der Waals surface area contributed by atoms with Crippen LogP contribution in [0.2, 0.25) is 0 Å². The van der Waals surface area contributed by atoms with Crippen LogP contribution in [-0.4, -0.2) is 107 Å². The molecule has 8 bridgehead atoms. The molecule has 2 N–H and O–H groups in total. The number of hydrogen-bond donors (Lipinski definition) is 2. The fourth-order valence-electron chi connectivity index (χ4n) is 9.61. The van der Waals surface area contributed by atoms with Gasteiger partial charge in [0.15, 0.2) is 0 Å². The number of aromatic nitrogens is 3. The minimum Gasteiger partial charge on any atom is -0.464 e. The predicted octanol–water partition coefficient (Wildman–Crippen LogP) is 5.61. The highest BCUT2D eigenvalue weighted by atomic mass is 32.1. The number of pyridine rings is 1. The van der Waals surface area contributed by atoms with E-state index in [4.69, 9.17) is 19.4 Å². The molecule has 6 aliphatic rings. The summed E-state index contributed by atoms with van der Waals surface area (Å²) in [4.78, 5) is 56.6. The van der Waals surface area contributed by atoms with Crippen molar-refractivity contribution in [2.45, 2.75) is 97.5 Å². The van der Waals surface area contributed by atoms with Gasteiger partial charge in [-0.05, 0) is 82.2 Å². The van der Waals surface area contributed by atoms with E-state index in [9.17, 15) is 14.4 Å². The number of nitrogens with zero attached hydrogens (tertiary/aromatic N) is 6. The second-order valence-corrected chi connectivity index (χ2v) is 19.4. The first-order valence-corrected chi connectivity index (χ1v) is 22.3. The number of anilines is 1. The van der Waals surface area contributed by atoms with E-state index in [1.807, 2.05) is 6.20 Å². The van der Waals surface area contributed by atoms with Crippen LogP contribution in [0.15, 0.2) is 35.8 Å². The Balaban J connectivity index is 1.17. The van der Waals surface area contributed by atoms with E-state index in [2.05, 4.69) is 96.4 Å². The molecule has 2 amide bonds. The Kier molecular flexibility index (Phi) is 10.6. The number of thiazole rings is 1. The van der Waals surface area contributed by atoms with Crippen LogP contribution in [0.4, 0.5) is 5.82 Å². The minimum atomic E-state index is -0.816. The molecule has 59 heavy (non-hydrogen) atoms. The summed E-state index contributed by atoms with van der Waals surface area (Å²) in [6.45, 7) is 15.3. The lowest BCUT2D eigenvalue weighted by Crippen LogP contribution is -2.71. The van der Waals surface area contributed by atoms with Gasteiger partial charge in [-0.1, -0.05) is 26.8 Å². The third-order valence-corrected chi connectivity index (χ3v) is 14.5. The number of carbonyl (C=O) groups excluding carboxylic acids is 3. The van der Waals surface area contributed by atoms with Crippen LogP contribution < -0.4 is 15.6 Å². The molecule has 7 heterocycles. The molecule has 10 rings (SSSR count).